The van der Waals surface area contributed by atoms with E-state index in [1.165, 1.54) is 23.6 Å². The lowest BCUT2D eigenvalue weighted by molar-refractivity contribution is -0.148. The molecule has 1 fully saturated rings. The Morgan fingerprint density at radius 1 is 1.39 bits per heavy atom. The van der Waals surface area contributed by atoms with Gasteiger partial charge in [-0.05, 0) is 17.7 Å². The number of halogens is 1. The quantitative estimate of drug-likeness (QED) is 0.905. The minimum Gasteiger partial charge on any atom is -0.480 e. The smallest absolute Gasteiger partial charge is 0.327 e. The van der Waals surface area contributed by atoms with E-state index in [0.717, 1.165) is 10.0 Å². The van der Waals surface area contributed by atoms with Gasteiger partial charge in [-0.15, -0.1) is 11.8 Å². The number of thioether (sulfide) groups is 1. The Balaban J connectivity index is 2.30. The monoisotopic (exact) mass is 329 g/mol. The van der Waals surface area contributed by atoms with Crippen molar-refractivity contribution in [3.63, 3.8) is 0 Å². The summed E-state index contributed by atoms with van der Waals surface area (Å²) in [5.41, 5.74) is 0.946. The average Bonchev–Trinajstić information content (AvgIpc) is 2.74. The number of benzene rings is 1. The van der Waals surface area contributed by atoms with Crippen LogP contribution in [0.1, 0.15) is 17.9 Å². The van der Waals surface area contributed by atoms with Gasteiger partial charge in [0.15, 0.2) is 0 Å². The fourth-order valence-corrected chi connectivity index (χ4v) is 3.70. The van der Waals surface area contributed by atoms with Crippen LogP contribution in [0.3, 0.4) is 0 Å². The highest BCUT2D eigenvalue weighted by Gasteiger charge is 2.40. The fraction of sp³-hybridized carbons (Fsp3) is 0.333. The van der Waals surface area contributed by atoms with Crippen molar-refractivity contribution in [2.24, 2.45) is 0 Å². The van der Waals surface area contributed by atoms with Crippen molar-refractivity contribution in [3.8, 4) is 0 Å². The second-order valence-electron chi connectivity index (χ2n) is 4.02. The zero-order chi connectivity index (χ0) is 13.3. The molecule has 6 heteroatoms. The van der Waals surface area contributed by atoms with Crippen LogP contribution in [0.5, 0.6) is 0 Å². The Labute approximate surface area is 117 Å². The predicted molar refractivity (Wildman–Crippen MR) is 73.3 cm³/mol. The maximum Gasteiger partial charge on any atom is 0.327 e. The molecule has 1 aliphatic heterocycles. The van der Waals surface area contributed by atoms with Gasteiger partial charge in [0, 0.05) is 17.1 Å². The van der Waals surface area contributed by atoms with Crippen LogP contribution in [0.15, 0.2) is 28.7 Å². The van der Waals surface area contributed by atoms with E-state index in [1.807, 2.05) is 24.3 Å². The Kier molecular flexibility index (Phi) is 3.97. The number of nitrogens with zero attached hydrogens (tertiary/aromatic N) is 1. The Morgan fingerprint density at radius 2 is 2.00 bits per heavy atom. The number of aliphatic carboxylic acids is 1. The summed E-state index contributed by atoms with van der Waals surface area (Å²) in [7, 11) is 0. The number of amides is 1. The van der Waals surface area contributed by atoms with Gasteiger partial charge in [0.25, 0.3) is 0 Å². The first-order valence-corrected chi connectivity index (χ1v) is 7.23. The van der Waals surface area contributed by atoms with E-state index in [0.29, 0.717) is 5.75 Å². The molecule has 0 radical (unpaired) electrons. The van der Waals surface area contributed by atoms with Crippen LogP contribution in [-0.2, 0) is 9.59 Å². The number of carbonyl (C=O) groups excluding carboxylic acids is 1. The zero-order valence-electron chi connectivity index (χ0n) is 9.67. The fourth-order valence-electron chi connectivity index (χ4n) is 1.97. The van der Waals surface area contributed by atoms with Gasteiger partial charge in [-0.1, -0.05) is 28.1 Å². The van der Waals surface area contributed by atoms with Crippen LogP contribution >= 0.6 is 27.7 Å². The van der Waals surface area contributed by atoms with Crippen molar-refractivity contribution < 1.29 is 14.7 Å². The minimum atomic E-state index is -0.947. The van der Waals surface area contributed by atoms with Crippen molar-refractivity contribution in [1.82, 2.24) is 4.90 Å². The van der Waals surface area contributed by atoms with E-state index in [1.54, 1.807) is 0 Å². The summed E-state index contributed by atoms with van der Waals surface area (Å²) in [6, 6.07) is 6.86. The van der Waals surface area contributed by atoms with Gasteiger partial charge in [0.1, 0.15) is 11.4 Å². The van der Waals surface area contributed by atoms with Gasteiger partial charge in [0.05, 0.1) is 0 Å². The van der Waals surface area contributed by atoms with Crippen LogP contribution in [0.2, 0.25) is 0 Å². The molecule has 1 aromatic rings. The molecule has 1 unspecified atom stereocenters. The summed E-state index contributed by atoms with van der Waals surface area (Å²) in [5, 5.41) is 8.92. The topological polar surface area (TPSA) is 57.6 Å². The van der Waals surface area contributed by atoms with Crippen molar-refractivity contribution in [1.29, 1.82) is 0 Å². The molecule has 4 nitrogen and oxygen atoms in total. The summed E-state index contributed by atoms with van der Waals surface area (Å²) in [5.74, 6) is -0.729. The molecule has 2 rings (SSSR count). The summed E-state index contributed by atoms with van der Waals surface area (Å²) < 4.78 is 0.957. The Hall–Kier alpha value is -1.01. The zero-order valence-corrected chi connectivity index (χ0v) is 12.1. The number of rotatable bonds is 2. The highest BCUT2D eigenvalue weighted by atomic mass is 79.9. The first-order valence-electron chi connectivity index (χ1n) is 5.39. The number of carboxylic acids is 1. The largest absolute Gasteiger partial charge is 0.480 e. The third kappa shape index (κ3) is 2.54. The number of carboxylic acid groups (broad SMARTS) is 1. The second-order valence-corrected chi connectivity index (χ2v) is 6.05. The number of hydrogen-bond acceptors (Lipinski definition) is 3. The molecule has 0 aromatic heterocycles. The lowest BCUT2D eigenvalue weighted by atomic mass is 10.2. The molecule has 1 aromatic carbocycles. The molecule has 1 saturated heterocycles. The average molecular weight is 330 g/mol. The first-order chi connectivity index (χ1) is 8.50. The number of hydrogen-bond donors (Lipinski definition) is 1. The van der Waals surface area contributed by atoms with Gasteiger partial charge < -0.3 is 10.0 Å². The maximum atomic E-state index is 11.7. The third-order valence-electron chi connectivity index (χ3n) is 2.80. The van der Waals surface area contributed by atoms with Crippen LogP contribution in [0.4, 0.5) is 0 Å². The molecule has 0 spiro atoms. The van der Waals surface area contributed by atoms with Gasteiger partial charge in [0.2, 0.25) is 5.91 Å². The first kappa shape index (κ1) is 13.4. The van der Waals surface area contributed by atoms with Gasteiger partial charge in [-0.25, -0.2) is 4.79 Å². The SMILES string of the molecule is CC(=O)N1C(c2ccc(Br)cc2)SC[C@@H]1C(=O)O. The van der Waals surface area contributed by atoms with Crippen molar-refractivity contribution in [3.05, 3.63) is 34.3 Å². The third-order valence-corrected chi connectivity index (χ3v) is 4.66. The standard InChI is InChI=1S/C12H12BrNO3S/c1-7(15)14-10(12(16)17)6-18-11(14)8-2-4-9(13)5-3-8/h2-5,10-11H,6H2,1H3,(H,16,17)/t10-,11?/m1/s1. The van der Waals surface area contributed by atoms with Crippen molar-refractivity contribution in [2.45, 2.75) is 18.3 Å². The lowest BCUT2D eigenvalue weighted by Gasteiger charge is -2.26. The Bertz CT molecular complexity index is 477. The molecule has 96 valence electrons. The summed E-state index contributed by atoms with van der Waals surface area (Å²) in [4.78, 5) is 24.2. The summed E-state index contributed by atoms with van der Waals surface area (Å²) >= 11 is 4.83. The molecular weight excluding hydrogens is 318 g/mol. The molecule has 1 N–H and O–H groups in total. The van der Waals surface area contributed by atoms with Crippen LogP contribution in [0, 0.1) is 0 Å². The molecule has 0 saturated carbocycles. The molecule has 1 heterocycles. The van der Waals surface area contributed by atoms with Gasteiger partial charge >= 0.3 is 5.97 Å². The Morgan fingerprint density at radius 3 is 2.50 bits per heavy atom. The van der Waals surface area contributed by atoms with E-state index in [-0.39, 0.29) is 11.3 Å². The molecule has 0 bridgehead atoms. The molecule has 1 aliphatic rings. The van der Waals surface area contributed by atoms with Crippen molar-refractivity contribution in [2.75, 3.05) is 5.75 Å². The van der Waals surface area contributed by atoms with E-state index in [9.17, 15) is 9.59 Å². The molecule has 0 aliphatic carbocycles. The predicted octanol–water partition coefficient (Wildman–Crippen LogP) is 2.50. The van der Waals surface area contributed by atoms with Crippen LogP contribution in [-0.4, -0.2) is 33.7 Å². The van der Waals surface area contributed by atoms with Gasteiger partial charge in [-0.2, -0.15) is 0 Å². The molecule has 2 atom stereocenters. The molecular formula is C12H12BrNO3S. The highest BCUT2D eigenvalue weighted by molar-refractivity contribution is 9.10. The summed E-state index contributed by atoms with van der Waals surface area (Å²) in [6.07, 6.45) is 0. The van der Waals surface area contributed by atoms with E-state index < -0.39 is 12.0 Å². The lowest BCUT2D eigenvalue weighted by Crippen LogP contribution is -2.41. The molecule has 18 heavy (non-hydrogen) atoms. The highest BCUT2D eigenvalue weighted by Crippen LogP contribution is 2.41. The second kappa shape index (κ2) is 5.32. The van der Waals surface area contributed by atoms with Gasteiger partial charge in [-0.3, -0.25) is 4.79 Å². The van der Waals surface area contributed by atoms with E-state index in [4.69, 9.17) is 5.11 Å². The van der Waals surface area contributed by atoms with Crippen LogP contribution in [0.25, 0.3) is 0 Å². The van der Waals surface area contributed by atoms with E-state index >= 15 is 0 Å². The number of carbonyl (C=O) groups is 2. The normalized spacial score (nSPS) is 23.1. The summed E-state index contributed by atoms with van der Waals surface area (Å²) in [6.45, 7) is 1.41. The minimum absolute atomic E-state index is 0.208. The van der Waals surface area contributed by atoms with Crippen LogP contribution < -0.4 is 0 Å². The maximum absolute atomic E-state index is 11.7. The van der Waals surface area contributed by atoms with E-state index in [2.05, 4.69) is 15.9 Å². The molecule has 1 amide bonds. The van der Waals surface area contributed by atoms with Crippen molar-refractivity contribution >= 4 is 39.6 Å².